The molecule has 2 saturated heterocycles. The van der Waals surface area contributed by atoms with Gasteiger partial charge in [-0.15, -0.1) is 0 Å². The van der Waals surface area contributed by atoms with E-state index in [-0.39, 0.29) is 26.0 Å². The predicted octanol–water partition coefficient (Wildman–Crippen LogP) is -0.925. The first-order valence-corrected chi connectivity index (χ1v) is 7.54. The number of carboxylic acid groups (broad SMARTS) is 1. The number of ether oxygens (including phenoxy) is 1. The Morgan fingerprint density at radius 1 is 1.37 bits per heavy atom. The molecular weight excluding hydrogens is 276 g/mol. The van der Waals surface area contributed by atoms with Crippen LogP contribution in [0.5, 0.6) is 0 Å². The molecule has 0 saturated carbocycles. The van der Waals surface area contributed by atoms with Gasteiger partial charge in [-0.25, -0.2) is 0 Å². The number of nitrogens with one attached hydrogen (secondary N) is 1. The monoisotopic (exact) mass is 292 g/mol. The second-order valence-electron chi connectivity index (χ2n) is 4.59. The third-order valence-electron chi connectivity index (χ3n) is 3.27. The van der Waals surface area contributed by atoms with Crippen molar-refractivity contribution in [1.82, 2.24) is 9.03 Å². The number of aliphatic carboxylic acids is 1. The van der Waals surface area contributed by atoms with Crippen molar-refractivity contribution in [2.24, 2.45) is 0 Å². The number of rotatable bonds is 4. The van der Waals surface area contributed by atoms with E-state index in [1.54, 1.807) is 0 Å². The molecule has 2 unspecified atom stereocenters. The molecular formula is C10H16N2O6S. The van der Waals surface area contributed by atoms with Crippen molar-refractivity contribution in [3.63, 3.8) is 0 Å². The molecule has 0 radical (unpaired) electrons. The smallest absolute Gasteiger partial charge is 0.324 e. The summed E-state index contributed by atoms with van der Waals surface area (Å²) in [6, 6.07) is -1.98. The minimum atomic E-state index is -3.99. The zero-order chi connectivity index (χ0) is 14.0. The average Bonchev–Trinajstić information content (AvgIpc) is 2.74. The van der Waals surface area contributed by atoms with E-state index in [2.05, 4.69) is 9.46 Å². The summed E-state index contributed by atoms with van der Waals surface area (Å²) in [5.41, 5.74) is 0. The fourth-order valence-corrected chi connectivity index (χ4v) is 3.90. The highest BCUT2D eigenvalue weighted by Gasteiger charge is 2.40. The molecule has 2 rings (SSSR count). The second-order valence-corrected chi connectivity index (χ2v) is 6.25. The van der Waals surface area contributed by atoms with Gasteiger partial charge in [-0.2, -0.15) is 17.4 Å². The zero-order valence-corrected chi connectivity index (χ0v) is 11.1. The van der Waals surface area contributed by atoms with Crippen molar-refractivity contribution in [3.05, 3.63) is 0 Å². The van der Waals surface area contributed by atoms with E-state index in [0.29, 0.717) is 12.8 Å². The van der Waals surface area contributed by atoms with Gasteiger partial charge in [-0.1, -0.05) is 0 Å². The maximum atomic E-state index is 12.1. The average molecular weight is 292 g/mol. The van der Waals surface area contributed by atoms with Gasteiger partial charge >= 0.3 is 11.9 Å². The molecule has 0 aromatic rings. The van der Waals surface area contributed by atoms with Crippen LogP contribution in [0.2, 0.25) is 0 Å². The van der Waals surface area contributed by atoms with Crippen molar-refractivity contribution in [2.45, 2.75) is 37.8 Å². The van der Waals surface area contributed by atoms with Gasteiger partial charge in [0, 0.05) is 13.0 Å². The number of carboxylic acids is 1. The van der Waals surface area contributed by atoms with Gasteiger partial charge in [0.25, 0.3) is 10.2 Å². The highest BCUT2D eigenvalue weighted by molar-refractivity contribution is 7.87. The summed E-state index contributed by atoms with van der Waals surface area (Å²) in [6.07, 6.45) is 1.84. The fraction of sp³-hybridized carbons (Fsp3) is 0.800. The minimum Gasteiger partial charge on any atom is -0.480 e. The molecule has 8 nitrogen and oxygen atoms in total. The van der Waals surface area contributed by atoms with E-state index in [9.17, 15) is 18.0 Å². The Kier molecular flexibility index (Phi) is 4.07. The molecule has 2 atom stereocenters. The number of esters is 1. The Labute approximate surface area is 110 Å². The number of carbonyl (C=O) groups excluding carboxylic acids is 1. The topological polar surface area (TPSA) is 113 Å². The maximum Gasteiger partial charge on any atom is 0.324 e. The SMILES string of the molecule is O=C1OCCC1NS(=O)(=O)N1CCCCC1C(=O)O. The van der Waals surface area contributed by atoms with Crippen molar-refractivity contribution in [3.8, 4) is 0 Å². The van der Waals surface area contributed by atoms with Gasteiger partial charge in [0.05, 0.1) is 6.61 Å². The Morgan fingerprint density at radius 3 is 2.68 bits per heavy atom. The van der Waals surface area contributed by atoms with E-state index in [4.69, 9.17) is 5.11 Å². The van der Waals surface area contributed by atoms with Crippen LogP contribution in [0, 0.1) is 0 Å². The summed E-state index contributed by atoms with van der Waals surface area (Å²) < 4.78 is 32.1. The van der Waals surface area contributed by atoms with Gasteiger partial charge in [0.15, 0.2) is 0 Å². The molecule has 2 aliphatic heterocycles. The fourth-order valence-electron chi connectivity index (χ4n) is 2.29. The van der Waals surface area contributed by atoms with Crippen LogP contribution in [-0.4, -0.2) is 55.0 Å². The summed E-state index contributed by atoms with van der Waals surface area (Å²) in [7, 11) is -3.99. The van der Waals surface area contributed by atoms with Crippen molar-refractivity contribution in [2.75, 3.05) is 13.2 Å². The quantitative estimate of drug-likeness (QED) is 0.648. The summed E-state index contributed by atoms with van der Waals surface area (Å²) in [4.78, 5) is 22.4. The van der Waals surface area contributed by atoms with Gasteiger partial charge in [0.2, 0.25) is 0 Å². The van der Waals surface area contributed by atoms with Crippen LogP contribution >= 0.6 is 0 Å². The van der Waals surface area contributed by atoms with Crippen LogP contribution < -0.4 is 4.72 Å². The van der Waals surface area contributed by atoms with Crippen molar-refractivity contribution < 1.29 is 27.9 Å². The van der Waals surface area contributed by atoms with Gasteiger partial charge in [0.1, 0.15) is 12.1 Å². The summed E-state index contributed by atoms with van der Waals surface area (Å²) >= 11 is 0. The molecule has 9 heteroatoms. The lowest BCUT2D eigenvalue weighted by atomic mass is 10.1. The standard InChI is InChI=1S/C10H16N2O6S/c13-9(14)8-3-1-2-5-12(8)19(16,17)11-7-4-6-18-10(7)15/h7-8,11H,1-6H2,(H,13,14). The van der Waals surface area contributed by atoms with Crippen LogP contribution in [0.3, 0.4) is 0 Å². The Balaban J connectivity index is 2.12. The summed E-state index contributed by atoms with van der Waals surface area (Å²) in [5.74, 6) is -1.79. The third-order valence-corrected chi connectivity index (χ3v) is 4.91. The zero-order valence-electron chi connectivity index (χ0n) is 10.2. The van der Waals surface area contributed by atoms with Crippen LogP contribution in [0.1, 0.15) is 25.7 Å². The first-order chi connectivity index (χ1) is 8.92. The minimum absolute atomic E-state index is 0.147. The Bertz CT molecular complexity index is 476. The van der Waals surface area contributed by atoms with E-state index >= 15 is 0 Å². The number of piperidine rings is 1. The number of cyclic esters (lactones) is 1. The number of nitrogens with zero attached hydrogens (tertiary/aromatic N) is 1. The summed E-state index contributed by atoms with van der Waals surface area (Å²) in [5, 5.41) is 9.06. The lowest BCUT2D eigenvalue weighted by molar-refractivity contribution is -0.142. The van der Waals surface area contributed by atoms with Gasteiger partial charge in [-0.05, 0) is 19.3 Å². The molecule has 2 N–H and O–H groups in total. The van der Waals surface area contributed by atoms with Gasteiger partial charge < -0.3 is 9.84 Å². The van der Waals surface area contributed by atoms with Gasteiger partial charge in [-0.3, -0.25) is 9.59 Å². The van der Waals surface area contributed by atoms with Crippen LogP contribution in [0.25, 0.3) is 0 Å². The molecule has 2 fully saturated rings. The van der Waals surface area contributed by atoms with Crippen molar-refractivity contribution >= 4 is 22.1 Å². The van der Waals surface area contributed by atoms with E-state index < -0.39 is 34.2 Å². The first-order valence-electron chi connectivity index (χ1n) is 6.10. The number of hydrogen-bond donors (Lipinski definition) is 2. The molecule has 2 aliphatic rings. The third kappa shape index (κ3) is 3.04. The largest absolute Gasteiger partial charge is 0.480 e. The number of carbonyl (C=O) groups is 2. The first kappa shape index (κ1) is 14.2. The number of hydrogen-bond acceptors (Lipinski definition) is 5. The van der Waals surface area contributed by atoms with E-state index in [0.717, 1.165) is 4.31 Å². The highest BCUT2D eigenvalue weighted by atomic mass is 32.2. The molecule has 2 heterocycles. The van der Waals surface area contributed by atoms with Crippen LogP contribution in [-0.2, 0) is 24.5 Å². The summed E-state index contributed by atoms with van der Waals surface area (Å²) in [6.45, 7) is 0.322. The molecule has 108 valence electrons. The Morgan fingerprint density at radius 2 is 2.11 bits per heavy atom. The second kappa shape index (κ2) is 5.43. The Hall–Kier alpha value is -1.19. The van der Waals surface area contributed by atoms with Crippen LogP contribution in [0.4, 0.5) is 0 Å². The van der Waals surface area contributed by atoms with Crippen molar-refractivity contribution in [1.29, 1.82) is 0 Å². The molecule has 0 amide bonds. The molecule has 0 aromatic heterocycles. The van der Waals surface area contributed by atoms with Crippen LogP contribution in [0.15, 0.2) is 0 Å². The molecule has 0 spiro atoms. The normalized spacial score (nSPS) is 29.2. The molecule has 0 aromatic carbocycles. The van der Waals surface area contributed by atoms with E-state index in [1.807, 2.05) is 0 Å². The lowest BCUT2D eigenvalue weighted by Gasteiger charge is -2.32. The molecule has 0 aliphatic carbocycles. The highest BCUT2D eigenvalue weighted by Crippen LogP contribution is 2.21. The predicted molar refractivity (Wildman–Crippen MR) is 63.4 cm³/mol. The molecule has 19 heavy (non-hydrogen) atoms. The maximum absolute atomic E-state index is 12.1. The van der Waals surface area contributed by atoms with E-state index in [1.165, 1.54) is 0 Å². The molecule has 0 bridgehead atoms. The lowest BCUT2D eigenvalue weighted by Crippen LogP contribution is -2.54.